The monoisotopic (exact) mass is 1100 g/mol. The van der Waals surface area contributed by atoms with Crippen molar-refractivity contribution in [1.29, 1.82) is 0 Å². The molecule has 3 aliphatic carbocycles. The number of rotatable bonds is 3. The van der Waals surface area contributed by atoms with Crippen molar-refractivity contribution >= 4 is 132 Å². The molecular formula is C76H70BN3S2. The summed E-state index contributed by atoms with van der Waals surface area (Å²) < 4.78 is 5.30. The Morgan fingerprint density at radius 2 is 0.805 bits per heavy atom. The van der Waals surface area contributed by atoms with Gasteiger partial charge >= 0.3 is 0 Å². The standard InChI is InChI=1S/C76H70BN3S2/c1-71(2)37-38-72(3,4)52-43-60-55(41-51(52)71)77-56-42-53-54(74(7,8)49-26-14-13-25-48(49)73(53,5)6)44-61(56)79(59-30-22-34-67-69(59)47-24-12-18-32-65(47)82-67)63-40-45(80-57-28-16-15-27-50(57)75(9)35-19-20-36-76(75,80)10)39-62(70(63)77)78(60)58-29-21-33-66-68(58)46-23-11-17-31-64(46)81-66/h11-18,21-34,39-44H,19-20,35-38H2,1-10H3. The largest absolute Gasteiger partial charge is 0.334 e. The van der Waals surface area contributed by atoms with Crippen LogP contribution in [0.15, 0.2) is 170 Å². The second-order valence-electron chi connectivity index (χ2n) is 28.1. The van der Waals surface area contributed by atoms with Crippen LogP contribution in [0.1, 0.15) is 147 Å². The van der Waals surface area contributed by atoms with Crippen LogP contribution in [0.5, 0.6) is 0 Å². The molecule has 2 atom stereocenters. The summed E-state index contributed by atoms with van der Waals surface area (Å²) in [4.78, 5) is 8.44. The molecule has 0 bridgehead atoms. The number of anilines is 8. The summed E-state index contributed by atoms with van der Waals surface area (Å²) in [5, 5.41) is 5.30. The zero-order chi connectivity index (χ0) is 55.8. The number of benzene rings is 9. The first kappa shape index (κ1) is 49.5. The minimum absolute atomic E-state index is 0.00273. The van der Waals surface area contributed by atoms with E-state index in [1.807, 2.05) is 22.7 Å². The van der Waals surface area contributed by atoms with Crippen LogP contribution in [-0.4, -0.2) is 12.3 Å². The van der Waals surface area contributed by atoms with Crippen molar-refractivity contribution in [3.63, 3.8) is 0 Å². The second-order valence-corrected chi connectivity index (χ2v) is 30.3. The lowest BCUT2D eigenvalue weighted by atomic mass is 9.32. The Morgan fingerprint density at radius 3 is 1.38 bits per heavy atom. The predicted molar refractivity (Wildman–Crippen MR) is 355 cm³/mol. The first-order valence-electron chi connectivity index (χ1n) is 30.4. The van der Waals surface area contributed by atoms with Crippen molar-refractivity contribution in [2.24, 2.45) is 0 Å². The van der Waals surface area contributed by atoms with Gasteiger partial charge in [0.1, 0.15) is 0 Å². The molecule has 3 aliphatic heterocycles. The van der Waals surface area contributed by atoms with Crippen LogP contribution in [0.25, 0.3) is 40.3 Å². The number of nitrogens with zero attached hydrogens (tertiary/aromatic N) is 3. The Morgan fingerprint density at radius 1 is 0.366 bits per heavy atom. The number of thiophene rings is 2. The highest BCUT2D eigenvalue weighted by Crippen LogP contribution is 2.63. The van der Waals surface area contributed by atoms with Crippen LogP contribution in [-0.2, 0) is 27.1 Å². The first-order valence-corrected chi connectivity index (χ1v) is 32.0. The molecule has 2 unspecified atom stereocenters. The van der Waals surface area contributed by atoms with Gasteiger partial charge in [-0.2, -0.15) is 0 Å². The van der Waals surface area contributed by atoms with E-state index >= 15 is 0 Å². The number of hydrogen-bond acceptors (Lipinski definition) is 5. The molecule has 3 nitrogen and oxygen atoms in total. The Labute approximate surface area is 492 Å². The lowest BCUT2D eigenvalue weighted by Crippen LogP contribution is -2.62. The molecule has 0 N–H and O–H groups in total. The van der Waals surface area contributed by atoms with E-state index in [4.69, 9.17) is 0 Å². The summed E-state index contributed by atoms with van der Waals surface area (Å²) in [6, 6.07) is 67.7. The number of hydrogen-bond donors (Lipinski definition) is 0. The van der Waals surface area contributed by atoms with Gasteiger partial charge < -0.3 is 14.7 Å². The first-order chi connectivity index (χ1) is 39.4. The highest BCUT2D eigenvalue weighted by Gasteiger charge is 2.58. The molecule has 6 heteroatoms. The van der Waals surface area contributed by atoms with Gasteiger partial charge in [0.15, 0.2) is 0 Å². The molecule has 5 heterocycles. The quantitative estimate of drug-likeness (QED) is 0.163. The Kier molecular flexibility index (Phi) is 9.87. The lowest BCUT2D eigenvalue weighted by molar-refractivity contribution is 0.195. The van der Waals surface area contributed by atoms with Crippen LogP contribution in [0.4, 0.5) is 45.5 Å². The Hall–Kier alpha value is -7.12. The van der Waals surface area contributed by atoms with E-state index in [0.717, 1.165) is 19.3 Å². The highest BCUT2D eigenvalue weighted by molar-refractivity contribution is 7.26. The topological polar surface area (TPSA) is 9.72 Å². The molecular weight excluding hydrogens is 1030 g/mol. The zero-order valence-corrected chi connectivity index (χ0v) is 50.8. The summed E-state index contributed by atoms with van der Waals surface area (Å²) >= 11 is 3.85. The van der Waals surface area contributed by atoms with Gasteiger partial charge in [-0.15, -0.1) is 22.7 Å². The second kappa shape index (κ2) is 16.4. The van der Waals surface area contributed by atoms with E-state index in [1.54, 1.807) is 0 Å². The summed E-state index contributed by atoms with van der Waals surface area (Å²) in [6.07, 6.45) is 7.07. The summed E-state index contributed by atoms with van der Waals surface area (Å²) in [5.41, 5.74) is 24.0. The van der Waals surface area contributed by atoms with Gasteiger partial charge in [0.2, 0.25) is 0 Å². The van der Waals surface area contributed by atoms with Gasteiger partial charge in [0.05, 0.1) is 16.9 Å². The van der Waals surface area contributed by atoms with E-state index in [2.05, 4.69) is 254 Å². The van der Waals surface area contributed by atoms with Crippen molar-refractivity contribution in [3.05, 3.63) is 209 Å². The van der Waals surface area contributed by atoms with Crippen molar-refractivity contribution < 1.29 is 0 Å². The highest BCUT2D eigenvalue weighted by atomic mass is 32.1. The van der Waals surface area contributed by atoms with Crippen LogP contribution >= 0.6 is 22.7 Å². The van der Waals surface area contributed by atoms with Gasteiger partial charge in [-0.05, 0) is 165 Å². The average molecular weight is 1100 g/mol. The van der Waals surface area contributed by atoms with E-state index in [9.17, 15) is 0 Å². The fourth-order valence-electron chi connectivity index (χ4n) is 17.6. The fraction of sp³-hybridized carbons (Fsp3) is 0.289. The van der Waals surface area contributed by atoms with Crippen molar-refractivity contribution in [3.8, 4) is 0 Å². The maximum atomic E-state index is 2.85. The molecule has 17 rings (SSSR count). The molecule has 0 saturated heterocycles. The summed E-state index contributed by atoms with van der Waals surface area (Å²) in [7, 11) is 0. The minimum Gasteiger partial charge on any atom is -0.334 e. The van der Waals surface area contributed by atoms with Gasteiger partial charge in [0, 0.05) is 90.7 Å². The van der Waals surface area contributed by atoms with Gasteiger partial charge in [0.25, 0.3) is 6.71 Å². The molecule has 11 aromatic rings. The SMILES string of the molecule is CC1(C)CCC(C)(C)c2cc3c(cc21)B1c2cc4c(cc2N(c2cccc5sc6ccccc6c25)c2cc(N5c6ccccc6C6(C)CCCCC56C)cc(c21)N3c1cccc2sc3ccccc3c12)C(C)(C)c1ccccc1C4(C)C. The normalized spacial score (nSPS) is 21.9. The molecule has 0 radical (unpaired) electrons. The van der Waals surface area contributed by atoms with Gasteiger partial charge in [-0.3, -0.25) is 0 Å². The van der Waals surface area contributed by atoms with Gasteiger partial charge in [-0.1, -0.05) is 178 Å². The summed E-state index contributed by atoms with van der Waals surface area (Å²) in [5.74, 6) is 0. The Bertz CT molecular complexity index is 4630. The maximum Gasteiger partial charge on any atom is 0.252 e. The van der Waals surface area contributed by atoms with Crippen LogP contribution in [0.2, 0.25) is 0 Å². The minimum atomic E-state index is -0.256. The van der Waals surface area contributed by atoms with Gasteiger partial charge in [-0.25, -0.2) is 0 Å². The molecule has 2 aromatic heterocycles. The molecule has 9 aromatic carbocycles. The third kappa shape index (κ3) is 6.23. The van der Waals surface area contributed by atoms with Crippen LogP contribution in [0, 0.1) is 0 Å². The molecule has 404 valence electrons. The lowest BCUT2D eigenvalue weighted by Gasteiger charge is -2.52. The third-order valence-corrected chi connectivity index (χ3v) is 24.6. The maximum absolute atomic E-state index is 2.85. The van der Waals surface area contributed by atoms with E-state index in [1.165, 1.54) is 160 Å². The molecule has 1 fully saturated rings. The number of fused-ring (bicyclic) bond motifs is 16. The molecule has 6 aliphatic rings. The molecule has 0 spiro atoms. The zero-order valence-electron chi connectivity index (χ0n) is 49.1. The summed E-state index contributed by atoms with van der Waals surface area (Å²) in [6.45, 7) is 25.2. The van der Waals surface area contributed by atoms with E-state index < -0.39 is 0 Å². The third-order valence-electron chi connectivity index (χ3n) is 22.3. The number of para-hydroxylation sites is 1. The smallest absolute Gasteiger partial charge is 0.252 e. The van der Waals surface area contributed by atoms with Crippen LogP contribution < -0.4 is 31.1 Å². The van der Waals surface area contributed by atoms with E-state index in [-0.39, 0.29) is 39.3 Å². The van der Waals surface area contributed by atoms with Crippen molar-refractivity contribution in [2.45, 2.75) is 140 Å². The predicted octanol–water partition coefficient (Wildman–Crippen LogP) is 19.6. The molecule has 82 heavy (non-hydrogen) atoms. The fourth-order valence-corrected chi connectivity index (χ4v) is 19.9. The van der Waals surface area contributed by atoms with Crippen LogP contribution in [0.3, 0.4) is 0 Å². The van der Waals surface area contributed by atoms with E-state index in [0.29, 0.717) is 0 Å². The molecule has 0 amide bonds. The Balaban J connectivity index is 1.08. The average Bonchev–Trinajstić information content (AvgIpc) is 4.16. The van der Waals surface area contributed by atoms with Crippen molar-refractivity contribution in [2.75, 3.05) is 14.7 Å². The molecule has 1 saturated carbocycles. The van der Waals surface area contributed by atoms with Crippen molar-refractivity contribution in [1.82, 2.24) is 0 Å².